The van der Waals surface area contributed by atoms with E-state index >= 15 is 0 Å². The number of esters is 1. The molecule has 2 aliphatic rings. The lowest BCUT2D eigenvalue weighted by Crippen LogP contribution is -2.44. The summed E-state index contributed by atoms with van der Waals surface area (Å²) in [4.78, 5) is 11.8. The van der Waals surface area contributed by atoms with E-state index in [0.717, 1.165) is 38.5 Å². The standard InChI is InChI=1S/C15H27NO3/c1-2-19-15(18)11-5-3-7-13(9-11)16-14-8-4-6-12(14)10-17/h11-14,16-17H,2-10H2,1H3. The summed E-state index contributed by atoms with van der Waals surface area (Å²) in [6.45, 7) is 2.62. The zero-order valence-electron chi connectivity index (χ0n) is 11.9. The van der Waals surface area contributed by atoms with Crippen LogP contribution in [0.1, 0.15) is 51.9 Å². The smallest absolute Gasteiger partial charge is 0.308 e. The van der Waals surface area contributed by atoms with Crippen molar-refractivity contribution in [3.63, 3.8) is 0 Å². The number of aliphatic hydroxyl groups is 1. The van der Waals surface area contributed by atoms with Crippen molar-refractivity contribution in [2.45, 2.75) is 64.0 Å². The molecule has 2 aliphatic carbocycles. The van der Waals surface area contributed by atoms with Crippen molar-refractivity contribution >= 4 is 5.97 Å². The van der Waals surface area contributed by atoms with Gasteiger partial charge in [-0.3, -0.25) is 4.79 Å². The maximum atomic E-state index is 11.8. The Morgan fingerprint density at radius 3 is 2.79 bits per heavy atom. The van der Waals surface area contributed by atoms with Crippen LogP contribution < -0.4 is 5.32 Å². The predicted octanol–water partition coefficient (Wildman–Crippen LogP) is 1.86. The first kappa shape index (κ1) is 14.8. The van der Waals surface area contributed by atoms with Crippen LogP contribution in [0.15, 0.2) is 0 Å². The lowest BCUT2D eigenvalue weighted by atomic mass is 9.85. The van der Waals surface area contributed by atoms with E-state index < -0.39 is 0 Å². The van der Waals surface area contributed by atoms with E-state index in [1.807, 2.05) is 6.92 Å². The lowest BCUT2D eigenvalue weighted by molar-refractivity contribution is -0.149. The van der Waals surface area contributed by atoms with Gasteiger partial charge in [-0.05, 0) is 44.9 Å². The summed E-state index contributed by atoms with van der Waals surface area (Å²) >= 11 is 0. The molecule has 2 rings (SSSR count). The van der Waals surface area contributed by atoms with Crippen LogP contribution in [0.5, 0.6) is 0 Å². The van der Waals surface area contributed by atoms with Crippen molar-refractivity contribution < 1.29 is 14.6 Å². The van der Waals surface area contributed by atoms with Gasteiger partial charge in [-0.25, -0.2) is 0 Å². The number of carbonyl (C=O) groups excluding carboxylic acids is 1. The number of ether oxygens (including phenoxy) is 1. The highest BCUT2D eigenvalue weighted by molar-refractivity contribution is 5.72. The molecule has 19 heavy (non-hydrogen) atoms. The molecule has 4 heteroatoms. The topological polar surface area (TPSA) is 58.6 Å². The number of carbonyl (C=O) groups is 1. The minimum absolute atomic E-state index is 0.0286. The summed E-state index contributed by atoms with van der Waals surface area (Å²) in [5.74, 6) is 0.447. The molecule has 0 radical (unpaired) electrons. The Morgan fingerprint density at radius 2 is 2.05 bits per heavy atom. The first-order valence-electron chi connectivity index (χ1n) is 7.78. The van der Waals surface area contributed by atoms with Crippen LogP contribution in [0, 0.1) is 11.8 Å². The van der Waals surface area contributed by atoms with Gasteiger partial charge in [-0.2, -0.15) is 0 Å². The maximum Gasteiger partial charge on any atom is 0.308 e. The molecule has 4 atom stereocenters. The number of aliphatic hydroxyl groups excluding tert-OH is 1. The average molecular weight is 269 g/mol. The summed E-state index contributed by atoms with van der Waals surface area (Å²) in [7, 11) is 0. The largest absolute Gasteiger partial charge is 0.466 e. The summed E-state index contributed by atoms with van der Waals surface area (Å²) < 4.78 is 5.14. The van der Waals surface area contributed by atoms with E-state index in [4.69, 9.17) is 4.74 Å². The highest BCUT2D eigenvalue weighted by atomic mass is 16.5. The van der Waals surface area contributed by atoms with Crippen molar-refractivity contribution in [2.24, 2.45) is 11.8 Å². The quantitative estimate of drug-likeness (QED) is 0.748. The minimum atomic E-state index is -0.0286. The van der Waals surface area contributed by atoms with Crippen LogP contribution in [0.4, 0.5) is 0 Å². The molecule has 4 nitrogen and oxygen atoms in total. The minimum Gasteiger partial charge on any atom is -0.466 e. The Labute approximate surface area is 115 Å². The zero-order chi connectivity index (χ0) is 13.7. The third-order valence-electron chi connectivity index (χ3n) is 4.64. The summed E-state index contributed by atoms with van der Waals surface area (Å²) in [6.07, 6.45) is 7.59. The molecule has 0 aromatic rings. The molecule has 0 spiro atoms. The highest BCUT2D eigenvalue weighted by Crippen LogP contribution is 2.30. The number of hydrogen-bond donors (Lipinski definition) is 2. The molecule has 0 aliphatic heterocycles. The van der Waals surface area contributed by atoms with Gasteiger partial charge in [0.2, 0.25) is 0 Å². The van der Waals surface area contributed by atoms with Crippen LogP contribution >= 0.6 is 0 Å². The zero-order valence-corrected chi connectivity index (χ0v) is 11.9. The van der Waals surface area contributed by atoms with Crippen molar-refractivity contribution in [1.29, 1.82) is 0 Å². The van der Waals surface area contributed by atoms with Gasteiger partial charge in [0.05, 0.1) is 12.5 Å². The Balaban J connectivity index is 1.82. The third kappa shape index (κ3) is 3.93. The fraction of sp³-hybridized carbons (Fsp3) is 0.933. The summed E-state index contributed by atoms with van der Waals surface area (Å²) in [5, 5.41) is 13.0. The fourth-order valence-corrected chi connectivity index (χ4v) is 3.59. The van der Waals surface area contributed by atoms with Crippen molar-refractivity contribution in [3.05, 3.63) is 0 Å². The highest BCUT2D eigenvalue weighted by Gasteiger charge is 2.32. The molecule has 0 aromatic heterocycles. The van der Waals surface area contributed by atoms with Crippen LogP contribution in [0.3, 0.4) is 0 Å². The van der Waals surface area contributed by atoms with Crippen LogP contribution in [0.2, 0.25) is 0 Å². The average Bonchev–Trinajstić information content (AvgIpc) is 2.86. The normalized spacial score (nSPS) is 35.3. The SMILES string of the molecule is CCOC(=O)C1CCCC(NC2CCCC2CO)C1. The Hall–Kier alpha value is -0.610. The predicted molar refractivity (Wildman–Crippen MR) is 73.7 cm³/mol. The fourth-order valence-electron chi connectivity index (χ4n) is 3.59. The number of nitrogens with one attached hydrogen (secondary N) is 1. The van der Waals surface area contributed by atoms with Crippen LogP contribution in [-0.2, 0) is 9.53 Å². The van der Waals surface area contributed by atoms with Gasteiger partial charge in [-0.15, -0.1) is 0 Å². The number of hydrogen-bond acceptors (Lipinski definition) is 4. The molecule has 0 amide bonds. The number of rotatable bonds is 5. The van der Waals surface area contributed by atoms with Gasteiger partial charge in [0.15, 0.2) is 0 Å². The molecule has 4 unspecified atom stereocenters. The van der Waals surface area contributed by atoms with E-state index in [2.05, 4.69) is 5.32 Å². The van der Waals surface area contributed by atoms with Gasteiger partial charge in [0.1, 0.15) is 0 Å². The second-order valence-corrected chi connectivity index (χ2v) is 5.96. The molecule has 110 valence electrons. The van der Waals surface area contributed by atoms with Crippen LogP contribution in [0.25, 0.3) is 0 Å². The molecule has 0 heterocycles. The van der Waals surface area contributed by atoms with Gasteiger partial charge in [0.25, 0.3) is 0 Å². The van der Waals surface area contributed by atoms with Crippen LogP contribution in [-0.4, -0.2) is 36.4 Å². The van der Waals surface area contributed by atoms with Gasteiger partial charge < -0.3 is 15.2 Å². The van der Waals surface area contributed by atoms with E-state index in [9.17, 15) is 9.90 Å². The Bertz CT molecular complexity index is 295. The molecular weight excluding hydrogens is 242 g/mol. The van der Waals surface area contributed by atoms with E-state index in [1.54, 1.807) is 0 Å². The second kappa shape index (κ2) is 7.25. The molecule has 2 saturated carbocycles. The molecule has 0 bridgehead atoms. The van der Waals surface area contributed by atoms with E-state index in [1.165, 1.54) is 6.42 Å². The monoisotopic (exact) mass is 269 g/mol. The molecule has 2 N–H and O–H groups in total. The second-order valence-electron chi connectivity index (χ2n) is 5.96. The molecular formula is C15H27NO3. The summed E-state index contributed by atoms with van der Waals surface area (Å²) in [6, 6.07) is 0.858. The van der Waals surface area contributed by atoms with Gasteiger partial charge >= 0.3 is 5.97 Å². The maximum absolute atomic E-state index is 11.8. The van der Waals surface area contributed by atoms with Crippen molar-refractivity contribution in [2.75, 3.05) is 13.2 Å². The third-order valence-corrected chi connectivity index (χ3v) is 4.64. The van der Waals surface area contributed by atoms with Crippen molar-refractivity contribution in [3.8, 4) is 0 Å². The molecule has 0 saturated heterocycles. The Kier molecular flexibility index (Phi) is 5.64. The van der Waals surface area contributed by atoms with E-state index in [-0.39, 0.29) is 18.5 Å². The van der Waals surface area contributed by atoms with Gasteiger partial charge in [0, 0.05) is 18.7 Å². The van der Waals surface area contributed by atoms with Gasteiger partial charge in [-0.1, -0.05) is 12.8 Å². The lowest BCUT2D eigenvalue weighted by Gasteiger charge is -2.32. The van der Waals surface area contributed by atoms with E-state index in [0.29, 0.717) is 24.6 Å². The first-order chi connectivity index (χ1) is 9.24. The molecule has 0 aromatic carbocycles. The Morgan fingerprint density at radius 1 is 1.26 bits per heavy atom. The summed E-state index contributed by atoms with van der Waals surface area (Å²) in [5.41, 5.74) is 0. The first-order valence-corrected chi connectivity index (χ1v) is 7.78. The molecule has 2 fully saturated rings. The van der Waals surface area contributed by atoms with Crippen molar-refractivity contribution in [1.82, 2.24) is 5.32 Å².